The molecule has 0 spiro atoms. The zero-order valence-corrected chi connectivity index (χ0v) is 12.4. The van der Waals surface area contributed by atoms with Crippen LogP contribution in [0.4, 0.5) is 0 Å². The van der Waals surface area contributed by atoms with Gasteiger partial charge in [0.2, 0.25) is 5.91 Å². The van der Waals surface area contributed by atoms with Gasteiger partial charge in [0.25, 0.3) is 0 Å². The molecule has 0 unspecified atom stereocenters. The van der Waals surface area contributed by atoms with Crippen LogP contribution in [0.3, 0.4) is 0 Å². The van der Waals surface area contributed by atoms with E-state index in [1.54, 1.807) is 0 Å². The first-order chi connectivity index (χ1) is 10.1. The Morgan fingerprint density at radius 2 is 2.14 bits per heavy atom. The van der Waals surface area contributed by atoms with Crippen molar-refractivity contribution < 1.29 is 4.79 Å². The van der Waals surface area contributed by atoms with Crippen molar-refractivity contribution in [3.05, 3.63) is 17.6 Å². The van der Waals surface area contributed by atoms with Crippen LogP contribution < -0.4 is 0 Å². The predicted octanol–water partition coefficient (Wildman–Crippen LogP) is 1.23. The fraction of sp³-hybridized carbons (Fsp3) is 0.571. The largest absolute Gasteiger partial charge is 0.331 e. The Balaban J connectivity index is 1.88. The smallest absolute Gasteiger partial charge is 0.246 e. The lowest BCUT2D eigenvalue weighted by atomic mass is 10.1. The molecule has 7 heteroatoms. The average molecular weight is 286 g/mol. The number of nitrogens with zero attached hydrogens (tertiary/aromatic N) is 6. The first-order valence-electron chi connectivity index (χ1n) is 7.34. The first kappa shape index (κ1) is 12.6. The third kappa shape index (κ3) is 1.60. The van der Waals surface area contributed by atoms with Crippen molar-refractivity contribution in [2.24, 2.45) is 7.05 Å². The summed E-state index contributed by atoms with van der Waals surface area (Å²) in [5, 5.41) is 13.2. The topological polar surface area (TPSA) is 68.8 Å². The van der Waals surface area contributed by atoms with Gasteiger partial charge in [0.1, 0.15) is 11.7 Å². The molecule has 4 heterocycles. The molecule has 0 aromatic carbocycles. The highest BCUT2D eigenvalue weighted by Gasteiger charge is 2.42. The maximum absolute atomic E-state index is 12.5. The molecule has 0 N–H and O–H groups in total. The normalized spacial score (nSPS) is 24.3. The summed E-state index contributed by atoms with van der Waals surface area (Å²) in [5.41, 5.74) is 1.83. The number of rotatable bonds is 1. The molecule has 1 amide bonds. The average Bonchev–Trinajstić information content (AvgIpc) is 3.14. The zero-order chi connectivity index (χ0) is 14.7. The lowest BCUT2D eigenvalue weighted by Gasteiger charge is -2.34. The van der Waals surface area contributed by atoms with E-state index in [0.717, 1.165) is 36.6 Å². The van der Waals surface area contributed by atoms with Crippen molar-refractivity contribution >= 4 is 5.91 Å². The Hall–Kier alpha value is -2.18. The van der Waals surface area contributed by atoms with Gasteiger partial charge in [-0.3, -0.25) is 14.0 Å². The molecule has 0 saturated carbocycles. The van der Waals surface area contributed by atoms with Crippen LogP contribution in [0.5, 0.6) is 0 Å². The Bertz CT molecular complexity index is 710. The molecule has 1 saturated heterocycles. The molecule has 110 valence electrons. The number of fused-ring (bicyclic) bond motifs is 3. The summed E-state index contributed by atoms with van der Waals surface area (Å²) in [6.45, 7) is 4.75. The molecule has 2 aliphatic rings. The highest BCUT2D eigenvalue weighted by atomic mass is 16.2. The van der Waals surface area contributed by atoms with Gasteiger partial charge < -0.3 is 4.90 Å². The number of aryl methyl sites for hydroxylation is 2. The number of aromatic nitrogens is 5. The van der Waals surface area contributed by atoms with Gasteiger partial charge in [-0.2, -0.15) is 5.10 Å². The van der Waals surface area contributed by atoms with Gasteiger partial charge in [-0.1, -0.05) is 0 Å². The molecule has 1 fully saturated rings. The SMILES string of the molecule is Cc1cc(-c2nnc3n2[C@@H](C)C(=O)N2CCC[C@H]32)nn1C. The summed E-state index contributed by atoms with van der Waals surface area (Å²) in [6, 6.07) is 1.80. The standard InChI is InChI=1S/C14H18N6O/c1-8-7-10(17-18(8)3)12-15-16-13-11-5-4-6-19(11)14(21)9(2)20(12)13/h7,9,11H,4-6H2,1-3H3/t9-,11+/m0/s1. The number of carbonyl (C=O) groups excluding carboxylic acids is 1. The second kappa shape index (κ2) is 4.16. The van der Waals surface area contributed by atoms with Gasteiger partial charge in [-0.05, 0) is 32.8 Å². The Morgan fingerprint density at radius 1 is 1.33 bits per heavy atom. The quantitative estimate of drug-likeness (QED) is 0.790. The third-order valence-electron chi connectivity index (χ3n) is 4.64. The van der Waals surface area contributed by atoms with Crippen molar-refractivity contribution in [1.82, 2.24) is 29.4 Å². The summed E-state index contributed by atoms with van der Waals surface area (Å²) >= 11 is 0. The molecule has 0 aliphatic carbocycles. The van der Waals surface area contributed by atoms with E-state index in [0.29, 0.717) is 5.82 Å². The lowest BCUT2D eigenvalue weighted by molar-refractivity contribution is -0.137. The number of amides is 1. The second-order valence-corrected chi connectivity index (χ2v) is 5.91. The second-order valence-electron chi connectivity index (χ2n) is 5.91. The molecule has 2 atom stereocenters. The molecule has 2 aromatic heterocycles. The van der Waals surface area contributed by atoms with Gasteiger partial charge in [0.05, 0.1) is 6.04 Å². The maximum Gasteiger partial charge on any atom is 0.246 e. The van der Waals surface area contributed by atoms with E-state index >= 15 is 0 Å². The molecule has 2 aliphatic heterocycles. The number of hydrogen-bond donors (Lipinski definition) is 0. The van der Waals surface area contributed by atoms with Crippen LogP contribution in [-0.4, -0.2) is 41.9 Å². The molecule has 4 rings (SSSR count). The van der Waals surface area contributed by atoms with Gasteiger partial charge >= 0.3 is 0 Å². The van der Waals surface area contributed by atoms with Crippen LogP contribution in [0.15, 0.2) is 6.07 Å². The highest BCUT2D eigenvalue weighted by Crippen LogP contribution is 2.39. The van der Waals surface area contributed by atoms with E-state index in [-0.39, 0.29) is 18.0 Å². The third-order valence-corrected chi connectivity index (χ3v) is 4.64. The van der Waals surface area contributed by atoms with Crippen molar-refractivity contribution in [3.8, 4) is 11.5 Å². The van der Waals surface area contributed by atoms with Crippen LogP contribution in [0.25, 0.3) is 11.5 Å². The lowest BCUT2D eigenvalue weighted by Crippen LogP contribution is -2.42. The minimum atomic E-state index is -0.262. The summed E-state index contributed by atoms with van der Waals surface area (Å²) in [4.78, 5) is 14.5. The molecular formula is C14H18N6O. The fourth-order valence-corrected chi connectivity index (χ4v) is 3.41. The van der Waals surface area contributed by atoms with Gasteiger partial charge in [0.15, 0.2) is 11.6 Å². The van der Waals surface area contributed by atoms with E-state index < -0.39 is 0 Å². The summed E-state index contributed by atoms with van der Waals surface area (Å²) in [7, 11) is 1.90. The monoisotopic (exact) mass is 286 g/mol. The first-order valence-corrected chi connectivity index (χ1v) is 7.34. The predicted molar refractivity (Wildman–Crippen MR) is 75.4 cm³/mol. The van der Waals surface area contributed by atoms with Gasteiger partial charge in [-0.15, -0.1) is 10.2 Å². The highest BCUT2D eigenvalue weighted by molar-refractivity contribution is 5.82. The van der Waals surface area contributed by atoms with Crippen LogP contribution in [0.2, 0.25) is 0 Å². The van der Waals surface area contributed by atoms with Crippen molar-refractivity contribution in [2.75, 3.05) is 6.54 Å². The van der Waals surface area contributed by atoms with Crippen LogP contribution in [-0.2, 0) is 11.8 Å². The Kier molecular flexibility index (Phi) is 2.49. The van der Waals surface area contributed by atoms with Crippen molar-refractivity contribution in [3.63, 3.8) is 0 Å². The van der Waals surface area contributed by atoms with Gasteiger partial charge in [-0.25, -0.2) is 0 Å². The van der Waals surface area contributed by atoms with E-state index in [1.165, 1.54) is 0 Å². The molecule has 2 aromatic rings. The minimum absolute atomic E-state index is 0.0831. The van der Waals surface area contributed by atoms with Crippen LogP contribution in [0.1, 0.15) is 43.4 Å². The summed E-state index contributed by atoms with van der Waals surface area (Å²) in [6.07, 6.45) is 2.01. The van der Waals surface area contributed by atoms with Crippen LogP contribution >= 0.6 is 0 Å². The van der Waals surface area contributed by atoms with Gasteiger partial charge in [0, 0.05) is 19.3 Å². The molecule has 7 nitrogen and oxygen atoms in total. The van der Waals surface area contributed by atoms with E-state index in [4.69, 9.17) is 0 Å². The Morgan fingerprint density at radius 3 is 2.86 bits per heavy atom. The van der Waals surface area contributed by atoms with Crippen LogP contribution in [0, 0.1) is 6.92 Å². The Labute approximate surface area is 122 Å². The maximum atomic E-state index is 12.5. The summed E-state index contributed by atoms with van der Waals surface area (Å²) in [5.74, 6) is 1.76. The molecule has 0 radical (unpaired) electrons. The molecule has 0 bridgehead atoms. The minimum Gasteiger partial charge on any atom is -0.331 e. The van der Waals surface area contributed by atoms with E-state index in [9.17, 15) is 4.79 Å². The molecule has 21 heavy (non-hydrogen) atoms. The van der Waals surface area contributed by atoms with Crippen molar-refractivity contribution in [1.29, 1.82) is 0 Å². The fourth-order valence-electron chi connectivity index (χ4n) is 3.41. The summed E-state index contributed by atoms with van der Waals surface area (Å²) < 4.78 is 3.78. The zero-order valence-electron chi connectivity index (χ0n) is 12.4. The van der Waals surface area contributed by atoms with E-state index in [2.05, 4.69) is 15.3 Å². The number of hydrogen-bond acceptors (Lipinski definition) is 4. The number of carbonyl (C=O) groups is 1. The van der Waals surface area contributed by atoms with E-state index in [1.807, 2.05) is 41.1 Å². The molecular weight excluding hydrogens is 268 g/mol. The van der Waals surface area contributed by atoms with Crippen molar-refractivity contribution in [2.45, 2.75) is 38.8 Å².